The molecule has 0 aliphatic heterocycles. The highest BCUT2D eigenvalue weighted by molar-refractivity contribution is 7.90. The molecule has 1 heterocycles. The zero-order chi connectivity index (χ0) is 13.3. The Kier molecular flexibility index (Phi) is 3.36. The molecular weight excluding hydrogens is 275 g/mol. The fraction of sp³-hybridized carbons (Fsp3) is 0.182. The molecule has 2 rings (SSSR count). The van der Waals surface area contributed by atoms with Crippen LogP contribution in [0.1, 0.15) is 10.7 Å². The monoisotopic (exact) mass is 286 g/mol. The number of thiazole rings is 1. The Morgan fingerprint density at radius 3 is 2.72 bits per heavy atom. The van der Waals surface area contributed by atoms with Crippen LogP contribution in [0.3, 0.4) is 0 Å². The fourth-order valence-corrected chi connectivity index (χ4v) is 3.43. The molecule has 0 bridgehead atoms. The summed E-state index contributed by atoms with van der Waals surface area (Å²) in [6, 6.07) is 3.48. The minimum Gasteiger partial charge on any atom is -0.396 e. The van der Waals surface area contributed by atoms with E-state index in [1.54, 1.807) is 12.3 Å². The largest absolute Gasteiger partial charge is 0.396 e. The fourth-order valence-electron chi connectivity index (χ4n) is 1.45. The van der Waals surface area contributed by atoms with E-state index in [2.05, 4.69) is 4.98 Å². The van der Waals surface area contributed by atoms with Crippen molar-refractivity contribution in [1.29, 1.82) is 0 Å². The third-order valence-electron chi connectivity index (χ3n) is 2.34. The highest BCUT2D eigenvalue weighted by atomic mass is 32.2. The van der Waals surface area contributed by atoms with Crippen molar-refractivity contribution in [3.8, 4) is 0 Å². The quantitative estimate of drug-likeness (QED) is 0.877. The number of nitrogens with zero attached hydrogens (tertiary/aromatic N) is 1. The second kappa shape index (κ2) is 4.66. The summed E-state index contributed by atoms with van der Waals surface area (Å²) >= 11 is 1.38. The predicted octanol–water partition coefficient (Wildman–Crippen LogP) is 2.15. The van der Waals surface area contributed by atoms with Crippen molar-refractivity contribution in [2.75, 3.05) is 5.73 Å². The Morgan fingerprint density at radius 2 is 2.17 bits per heavy atom. The van der Waals surface area contributed by atoms with E-state index >= 15 is 0 Å². The van der Waals surface area contributed by atoms with E-state index in [9.17, 15) is 12.8 Å². The first-order valence-electron chi connectivity index (χ1n) is 5.07. The van der Waals surface area contributed by atoms with Gasteiger partial charge in [0.25, 0.3) is 0 Å². The van der Waals surface area contributed by atoms with Gasteiger partial charge in [-0.1, -0.05) is 0 Å². The minimum atomic E-state index is -3.59. The van der Waals surface area contributed by atoms with Crippen LogP contribution in [0.2, 0.25) is 0 Å². The number of aryl methyl sites for hydroxylation is 1. The lowest BCUT2D eigenvalue weighted by Gasteiger charge is -2.04. The van der Waals surface area contributed by atoms with Crippen LogP contribution in [0.25, 0.3) is 0 Å². The van der Waals surface area contributed by atoms with Gasteiger partial charge in [-0.15, -0.1) is 11.3 Å². The maximum absolute atomic E-state index is 13.2. The molecule has 0 unspecified atom stereocenters. The van der Waals surface area contributed by atoms with Crippen molar-refractivity contribution in [2.45, 2.75) is 17.6 Å². The maximum Gasteiger partial charge on any atom is 0.184 e. The molecule has 7 heteroatoms. The maximum atomic E-state index is 13.2. The highest BCUT2D eigenvalue weighted by Crippen LogP contribution is 2.21. The third-order valence-corrected chi connectivity index (χ3v) is 4.81. The summed E-state index contributed by atoms with van der Waals surface area (Å²) in [5.74, 6) is -0.966. The predicted molar refractivity (Wildman–Crippen MR) is 68.6 cm³/mol. The number of aromatic nitrogens is 1. The number of hydrogen-bond acceptors (Lipinski definition) is 5. The molecule has 0 amide bonds. The Bertz CT molecular complexity index is 680. The van der Waals surface area contributed by atoms with E-state index in [0.717, 1.165) is 11.1 Å². The average Bonchev–Trinajstić information content (AvgIpc) is 2.67. The van der Waals surface area contributed by atoms with Crippen LogP contribution in [-0.4, -0.2) is 13.4 Å². The van der Waals surface area contributed by atoms with Gasteiger partial charge in [0.2, 0.25) is 0 Å². The molecule has 4 nitrogen and oxygen atoms in total. The second-order valence-electron chi connectivity index (χ2n) is 3.80. The Morgan fingerprint density at radius 1 is 1.44 bits per heavy atom. The SMILES string of the molecule is Cc1nc(CS(=O)(=O)c2ccc(N)c(F)c2)cs1. The number of rotatable bonds is 3. The topological polar surface area (TPSA) is 73.0 Å². The molecular formula is C11H11FN2O2S2. The van der Waals surface area contributed by atoms with Gasteiger partial charge < -0.3 is 5.73 Å². The number of nitrogen functional groups attached to an aromatic ring is 1. The molecule has 1 aromatic carbocycles. The number of benzene rings is 1. The van der Waals surface area contributed by atoms with Crippen molar-refractivity contribution in [1.82, 2.24) is 4.98 Å². The van der Waals surface area contributed by atoms with Crippen LogP contribution < -0.4 is 5.73 Å². The molecule has 0 aliphatic rings. The van der Waals surface area contributed by atoms with Gasteiger partial charge >= 0.3 is 0 Å². The zero-order valence-corrected chi connectivity index (χ0v) is 11.2. The van der Waals surface area contributed by atoms with E-state index in [1.807, 2.05) is 0 Å². The molecule has 0 saturated carbocycles. The first-order valence-corrected chi connectivity index (χ1v) is 7.60. The minimum absolute atomic E-state index is 0.0709. The van der Waals surface area contributed by atoms with Gasteiger partial charge in [0.15, 0.2) is 9.84 Å². The average molecular weight is 286 g/mol. The van der Waals surface area contributed by atoms with Crippen molar-refractivity contribution < 1.29 is 12.8 Å². The number of hydrogen-bond donors (Lipinski definition) is 1. The first-order chi connectivity index (χ1) is 8.38. The molecule has 0 spiro atoms. The van der Waals surface area contributed by atoms with Crippen LogP contribution in [0.15, 0.2) is 28.5 Å². The highest BCUT2D eigenvalue weighted by Gasteiger charge is 2.18. The molecule has 2 N–H and O–H groups in total. The number of anilines is 1. The van der Waals surface area contributed by atoms with Crippen LogP contribution >= 0.6 is 11.3 Å². The number of halogens is 1. The molecule has 18 heavy (non-hydrogen) atoms. The molecule has 96 valence electrons. The molecule has 0 aliphatic carbocycles. The van der Waals surface area contributed by atoms with Crippen molar-refractivity contribution in [3.05, 3.63) is 40.1 Å². The van der Waals surface area contributed by atoms with Gasteiger partial charge in [0.05, 0.1) is 27.0 Å². The van der Waals surface area contributed by atoms with Gasteiger partial charge in [-0.2, -0.15) is 0 Å². The Hall–Kier alpha value is -1.47. The van der Waals surface area contributed by atoms with E-state index in [0.29, 0.717) is 5.69 Å². The Labute approximate surface area is 108 Å². The van der Waals surface area contributed by atoms with E-state index in [-0.39, 0.29) is 16.3 Å². The zero-order valence-electron chi connectivity index (χ0n) is 9.55. The van der Waals surface area contributed by atoms with Gasteiger partial charge in [-0.3, -0.25) is 0 Å². The van der Waals surface area contributed by atoms with Crippen molar-refractivity contribution >= 4 is 26.9 Å². The van der Waals surface area contributed by atoms with Crippen LogP contribution in [-0.2, 0) is 15.6 Å². The summed E-state index contributed by atoms with van der Waals surface area (Å²) in [4.78, 5) is 4.00. The summed E-state index contributed by atoms with van der Waals surface area (Å²) in [6.45, 7) is 1.80. The summed E-state index contributed by atoms with van der Waals surface area (Å²) in [7, 11) is -3.59. The normalized spacial score (nSPS) is 11.7. The van der Waals surface area contributed by atoms with Crippen LogP contribution in [0.5, 0.6) is 0 Å². The summed E-state index contributed by atoms with van der Waals surface area (Å²) < 4.78 is 37.3. The molecule has 1 aromatic heterocycles. The number of sulfone groups is 1. The van der Waals surface area contributed by atoms with E-state index in [1.165, 1.54) is 23.5 Å². The molecule has 0 radical (unpaired) electrons. The summed E-state index contributed by atoms with van der Waals surface area (Å²) in [5.41, 5.74) is 5.70. The summed E-state index contributed by atoms with van der Waals surface area (Å²) in [6.07, 6.45) is 0. The Balaban J connectivity index is 2.33. The smallest absolute Gasteiger partial charge is 0.184 e. The lowest BCUT2D eigenvalue weighted by molar-refractivity contribution is 0.590. The van der Waals surface area contributed by atoms with Gasteiger partial charge in [0.1, 0.15) is 5.82 Å². The lowest BCUT2D eigenvalue weighted by Crippen LogP contribution is -2.06. The third kappa shape index (κ3) is 2.68. The van der Waals surface area contributed by atoms with Gasteiger partial charge in [-0.05, 0) is 25.1 Å². The molecule has 0 atom stereocenters. The van der Waals surface area contributed by atoms with Crippen LogP contribution in [0.4, 0.5) is 10.1 Å². The van der Waals surface area contributed by atoms with Gasteiger partial charge in [0, 0.05) is 5.38 Å². The van der Waals surface area contributed by atoms with Crippen molar-refractivity contribution in [3.63, 3.8) is 0 Å². The standard InChI is InChI=1S/C11H11FN2O2S2/c1-7-14-8(5-17-7)6-18(15,16)9-2-3-11(13)10(12)4-9/h2-5H,6,13H2,1H3. The molecule has 0 fully saturated rings. The van der Waals surface area contributed by atoms with Crippen LogP contribution in [0, 0.1) is 12.7 Å². The second-order valence-corrected chi connectivity index (χ2v) is 6.85. The lowest BCUT2D eigenvalue weighted by atomic mass is 10.3. The summed E-state index contributed by atoms with van der Waals surface area (Å²) in [5, 5.41) is 2.48. The number of nitrogens with two attached hydrogens (primary N) is 1. The van der Waals surface area contributed by atoms with E-state index < -0.39 is 15.7 Å². The van der Waals surface area contributed by atoms with Gasteiger partial charge in [-0.25, -0.2) is 17.8 Å². The molecule has 0 saturated heterocycles. The molecule has 2 aromatic rings. The first kappa shape index (κ1) is 13.0. The van der Waals surface area contributed by atoms with E-state index in [4.69, 9.17) is 5.73 Å². The van der Waals surface area contributed by atoms with Crippen molar-refractivity contribution in [2.24, 2.45) is 0 Å².